The molecule has 3 aliphatic carbocycles. The molecule has 4 aromatic rings. The summed E-state index contributed by atoms with van der Waals surface area (Å²) >= 11 is 0. The highest BCUT2D eigenvalue weighted by atomic mass is 19.4. The monoisotopic (exact) mass is 1050 g/mol. The largest absolute Gasteiger partial charge is 0.416 e. The zero-order valence-electron chi connectivity index (χ0n) is 45.5. The van der Waals surface area contributed by atoms with Gasteiger partial charge in [0.2, 0.25) is 5.91 Å². The number of aryl methyl sites for hydroxylation is 1. The summed E-state index contributed by atoms with van der Waals surface area (Å²) in [5.41, 5.74) is 2.30. The number of carbonyl (C=O) groups excluding carboxylic acids is 3. The number of carbonyl (C=O) groups is 3. The van der Waals surface area contributed by atoms with Crippen molar-refractivity contribution in [3.05, 3.63) is 108 Å². The molecular weight excluding hydrogens is 974 g/mol. The van der Waals surface area contributed by atoms with Crippen LogP contribution in [0.3, 0.4) is 0 Å². The van der Waals surface area contributed by atoms with Crippen molar-refractivity contribution in [3.8, 4) is 11.8 Å². The molecule has 3 aliphatic rings. The molecule has 5 atom stereocenters. The molecule has 16 heteroatoms. The molecular formula is C60H77F3N6O7. The van der Waals surface area contributed by atoms with Crippen LogP contribution in [-0.4, -0.2) is 97.9 Å². The van der Waals surface area contributed by atoms with Crippen LogP contribution in [0.5, 0.6) is 0 Å². The van der Waals surface area contributed by atoms with Crippen molar-refractivity contribution in [2.45, 2.75) is 99.1 Å². The number of ketones is 1. The van der Waals surface area contributed by atoms with Crippen LogP contribution < -0.4 is 10.6 Å². The quantitative estimate of drug-likeness (QED) is 0.0487. The molecule has 2 amide bonds. The molecule has 2 aromatic heterocycles. The smallest absolute Gasteiger partial charge is 0.377 e. The second kappa shape index (κ2) is 24.2. The number of Topliss-reactive ketones (excluding diaryl/α,β-unsaturated/α-hetero) is 1. The number of halogens is 3. The van der Waals surface area contributed by atoms with Crippen molar-refractivity contribution in [3.63, 3.8) is 0 Å². The Hall–Kier alpha value is -5.86. The van der Waals surface area contributed by atoms with Gasteiger partial charge in [0, 0.05) is 64.6 Å². The van der Waals surface area contributed by atoms with Gasteiger partial charge in [-0.15, -0.1) is 6.58 Å². The SMILES string of the molecule is C=CCC1C(C)(C)C(=O)C(C#N)=CC1(C)C1=CC(=C)C2CC(CCC(C)(C)CC)(C(=O)NCCOCCOCCOCCOCCNC(=O)c3ccc4c(c3)c3cn(C)nc3n4-c3ccc(C(F)(F)F)cc3)CCC2C1. The first-order chi connectivity index (χ1) is 36.1. The van der Waals surface area contributed by atoms with Crippen molar-refractivity contribution in [1.82, 2.24) is 25.0 Å². The van der Waals surface area contributed by atoms with Crippen LogP contribution >= 0.6 is 0 Å². The number of fused-ring (bicyclic) bond motifs is 4. The Bertz CT molecular complexity index is 2870. The average Bonchev–Trinajstić information content (AvgIpc) is 3.91. The van der Waals surface area contributed by atoms with E-state index in [9.17, 15) is 32.8 Å². The summed E-state index contributed by atoms with van der Waals surface area (Å²) in [4.78, 5) is 40.8. The Morgan fingerprint density at radius 2 is 1.57 bits per heavy atom. The Labute approximate surface area is 445 Å². The fourth-order valence-corrected chi connectivity index (χ4v) is 11.8. The zero-order valence-corrected chi connectivity index (χ0v) is 45.5. The number of benzene rings is 2. The fraction of sp³-hybridized carbons (Fsp3) is 0.550. The molecule has 0 bridgehead atoms. The summed E-state index contributed by atoms with van der Waals surface area (Å²) in [6, 6.07) is 12.3. The summed E-state index contributed by atoms with van der Waals surface area (Å²) in [5.74, 6) is 0.100. The number of allylic oxidation sites excluding steroid dienone is 6. The first-order valence-electron chi connectivity index (χ1n) is 26.8. The van der Waals surface area contributed by atoms with Crippen LogP contribution in [0, 0.1) is 50.7 Å². The van der Waals surface area contributed by atoms with Crippen molar-refractivity contribution in [2.75, 3.05) is 65.9 Å². The Balaban J connectivity index is 0.788. The number of hydrogen-bond donors (Lipinski definition) is 2. The molecule has 7 rings (SSSR count). The topological polar surface area (TPSA) is 159 Å². The third kappa shape index (κ3) is 12.8. The minimum Gasteiger partial charge on any atom is -0.377 e. The van der Waals surface area contributed by atoms with Gasteiger partial charge < -0.3 is 29.6 Å². The third-order valence-corrected chi connectivity index (χ3v) is 16.7. The van der Waals surface area contributed by atoms with Crippen LogP contribution in [0.1, 0.15) is 109 Å². The predicted octanol–water partition coefficient (Wildman–Crippen LogP) is 11.2. The normalized spacial score (nSPS) is 22.7. The molecule has 0 radical (unpaired) electrons. The molecule has 0 aliphatic heterocycles. The van der Waals surface area contributed by atoms with Crippen molar-refractivity contribution in [1.29, 1.82) is 5.26 Å². The number of hydrogen-bond acceptors (Lipinski definition) is 9. The molecule has 2 aromatic carbocycles. The van der Waals surface area contributed by atoms with E-state index in [1.807, 2.05) is 32.2 Å². The van der Waals surface area contributed by atoms with Crippen LogP contribution in [0.15, 0.2) is 96.8 Å². The number of nitrogens with zero attached hydrogens (tertiary/aromatic N) is 4. The van der Waals surface area contributed by atoms with E-state index in [1.54, 1.807) is 34.5 Å². The lowest BCUT2D eigenvalue weighted by molar-refractivity contribution is -0.137. The maximum Gasteiger partial charge on any atom is 0.416 e. The first kappa shape index (κ1) is 57.8. The van der Waals surface area contributed by atoms with Gasteiger partial charge in [0.15, 0.2) is 11.4 Å². The third-order valence-electron chi connectivity index (χ3n) is 16.7. The van der Waals surface area contributed by atoms with Crippen LogP contribution in [0.25, 0.3) is 27.6 Å². The van der Waals surface area contributed by atoms with E-state index in [2.05, 4.69) is 68.7 Å². The van der Waals surface area contributed by atoms with Gasteiger partial charge in [0.05, 0.1) is 69.5 Å². The highest BCUT2D eigenvalue weighted by Crippen LogP contribution is 2.59. The number of nitrogens with one attached hydrogen (secondary N) is 2. The van der Waals surface area contributed by atoms with Gasteiger partial charge in [-0.1, -0.05) is 83.9 Å². The van der Waals surface area contributed by atoms with Crippen LogP contribution in [-0.2, 0) is 41.8 Å². The van der Waals surface area contributed by atoms with Gasteiger partial charge in [0.1, 0.15) is 6.07 Å². The molecule has 5 unspecified atom stereocenters. The van der Waals surface area contributed by atoms with Crippen molar-refractivity contribution < 1.29 is 46.5 Å². The molecule has 13 nitrogen and oxygen atoms in total. The van der Waals surface area contributed by atoms with E-state index < -0.39 is 28.0 Å². The highest BCUT2D eigenvalue weighted by molar-refractivity contribution is 6.10. The molecule has 0 spiro atoms. The summed E-state index contributed by atoms with van der Waals surface area (Å²) in [6.45, 7) is 25.0. The molecule has 410 valence electrons. The van der Waals surface area contributed by atoms with E-state index in [0.29, 0.717) is 87.5 Å². The molecule has 0 saturated heterocycles. The van der Waals surface area contributed by atoms with Crippen LogP contribution in [0.4, 0.5) is 13.2 Å². The summed E-state index contributed by atoms with van der Waals surface area (Å²) < 4.78 is 65.9. The minimum atomic E-state index is -4.45. The molecule has 1 fully saturated rings. The zero-order chi connectivity index (χ0) is 55.1. The molecule has 76 heavy (non-hydrogen) atoms. The van der Waals surface area contributed by atoms with E-state index in [4.69, 9.17) is 18.9 Å². The van der Waals surface area contributed by atoms with E-state index >= 15 is 0 Å². The van der Waals surface area contributed by atoms with Gasteiger partial charge in [-0.3, -0.25) is 23.6 Å². The van der Waals surface area contributed by atoms with Gasteiger partial charge in [0.25, 0.3) is 5.91 Å². The highest BCUT2D eigenvalue weighted by Gasteiger charge is 2.54. The number of aromatic nitrogens is 3. The van der Waals surface area contributed by atoms with E-state index in [0.717, 1.165) is 73.4 Å². The van der Waals surface area contributed by atoms with E-state index in [1.165, 1.54) is 17.7 Å². The Morgan fingerprint density at radius 1 is 0.934 bits per heavy atom. The van der Waals surface area contributed by atoms with Crippen molar-refractivity contribution >= 4 is 39.5 Å². The average molecular weight is 1050 g/mol. The number of alkyl halides is 3. The lowest BCUT2D eigenvalue weighted by Gasteiger charge is -2.52. The fourth-order valence-electron chi connectivity index (χ4n) is 11.8. The maximum atomic E-state index is 14.3. The molecule has 2 N–H and O–H groups in total. The summed E-state index contributed by atoms with van der Waals surface area (Å²) in [6.07, 6.45) is 10.0. The summed E-state index contributed by atoms with van der Waals surface area (Å²) in [5, 5.41) is 22.2. The summed E-state index contributed by atoms with van der Waals surface area (Å²) in [7, 11) is 1.76. The Morgan fingerprint density at radius 3 is 2.17 bits per heavy atom. The van der Waals surface area contributed by atoms with Gasteiger partial charge in [-0.05, 0) is 111 Å². The minimum absolute atomic E-state index is 0.0530. The van der Waals surface area contributed by atoms with Crippen molar-refractivity contribution in [2.24, 2.45) is 46.5 Å². The second-order valence-corrected chi connectivity index (χ2v) is 22.5. The Kier molecular flexibility index (Phi) is 18.4. The lowest BCUT2D eigenvalue weighted by Crippen LogP contribution is -2.50. The van der Waals surface area contributed by atoms with E-state index in [-0.39, 0.29) is 53.6 Å². The van der Waals surface area contributed by atoms with Gasteiger partial charge >= 0.3 is 6.18 Å². The molecule has 2 heterocycles. The standard InChI is InChI=1S/C60H77F3N6O7/c1-10-12-51-57(6,7)52(70)43(38-64)36-58(51,8)45-33-40(3)48-37-59(20-19-41(48)34-45,22-21-56(4,5)11-2)55(72)66-24-26-74-28-30-76-32-31-75-29-27-73-25-23-65-54(71)42-13-18-50-47(35-42)49-39-68(9)67-53(49)69(50)46-16-14-44(15-17-46)60(61,62)63/h10,13-18,33,35-36,39,41,48,51H,1,3,11-12,19-32,34,37H2,2,4-9H3,(H,65,71)(H,66,72). The van der Waals surface area contributed by atoms with Crippen LogP contribution in [0.2, 0.25) is 0 Å². The number of amides is 2. The predicted molar refractivity (Wildman–Crippen MR) is 288 cm³/mol. The second-order valence-electron chi connectivity index (χ2n) is 22.5. The lowest BCUT2D eigenvalue weighted by atomic mass is 9.50. The first-order valence-corrected chi connectivity index (χ1v) is 26.8. The number of ether oxygens (including phenoxy) is 4. The van der Waals surface area contributed by atoms with Gasteiger partial charge in [-0.25, -0.2) is 0 Å². The number of rotatable bonds is 25. The van der Waals surface area contributed by atoms with Gasteiger partial charge in [-0.2, -0.15) is 23.5 Å². The molecule has 1 saturated carbocycles. The number of nitriles is 1. The maximum absolute atomic E-state index is 14.3.